The number of unbranched alkanes of at least 4 members (excludes halogenated alkanes) is 1. The van der Waals surface area contributed by atoms with Gasteiger partial charge in [0.25, 0.3) is 5.56 Å². The van der Waals surface area contributed by atoms with E-state index < -0.39 is 23.0 Å². The summed E-state index contributed by atoms with van der Waals surface area (Å²) in [5.41, 5.74) is -0.339. The number of aryl methyl sites for hydroxylation is 2. The number of aromatic amines is 1. The zero-order valence-corrected chi connectivity index (χ0v) is 18.3. The molecule has 0 saturated carbocycles. The highest BCUT2D eigenvalue weighted by atomic mass is 19.1. The molecule has 0 unspecified atom stereocenters. The second-order valence-electron chi connectivity index (χ2n) is 7.43. The molecule has 0 spiro atoms. The number of H-pyrrole nitrogens is 1. The molecule has 0 bridgehead atoms. The number of carbonyl (C=O) groups excluding carboxylic acids is 1. The van der Waals surface area contributed by atoms with Gasteiger partial charge in [-0.3, -0.25) is 14.3 Å². The maximum absolute atomic E-state index is 14.0. The smallest absolute Gasteiger partial charge is 0.374 e. The van der Waals surface area contributed by atoms with Crippen LogP contribution < -0.4 is 11.2 Å². The highest BCUT2D eigenvalue weighted by Gasteiger charge is 2.20. The summed E-state index contributed by atoms with van der Waals surface area (Å²) in [6.07, 6.45) is 1.61. The lowest BCUT2D eigenvalue weighted by Crippen LogP contribution is -2.31. The standard InChI is InChI=1S/C23H23FN4O5/c1-3-5-12-28-20-19(21(29)26-23(28)31)27(4-2)18(25-20)13-32-22(30)17-11-10-16(33-17)14-8-6-7-9-15(14)24/h6-11H,3-5,12-13H2,1-2H3,(H,26,29,31). The van der Waals surface area contributed by atoms with Crippen molar-refractivity contribution in [2.75, 3.05) is 0 Å². The van der Waals surface area contributed by atoms with Crippen LogP contribution in [0.1, 0.15) is 43.1 Å². The number of aromatic nitrogens is 4. The first kappa shape index (κ1) is 22.3. The Kier molecular flexibility index (Phi) is 6.25. The predicted molar refractivity (Wildman–Crippen MR) is 118 cm³/mol. The van der Waals surface area contributed by atoms with Crippen LogP contribution in [-0.2, 0) is 24.4 Å². The number of rotatable bonds is 8. The fourth-order valence-corrected chi connectivity index (χ4v) is 3.65. The molecule has 9 nitrogen and oxygen atoms in total. The lowest BCUT2D eigenvalue weighted by atomic mass is 10.1. The van der Waals surface area contributed by atoms with Crippen LogP contribution >= 0.6 is 0 Å². The molecule has 0 aliphatic rings. The van der Waals surface area contributed by atoms with Gasteiger partial charge in [0.05, 0.1) is 5.56 Å². The number of hydrogen-bond acceptors (Lipinski definition) is 6. The molecule has 1 N–H and O–H groups in total. The zero-order chi connectivity index (χ0) is 23.5. The van der Waals surface area contributed by atoms with E-state index in [1.54, 1.807) is 22.8 Å². The van der Waals surface area contributed by atoms with Crippen molar-refractivity contribution in [2.24, 2.45) is 0 Å². The summed E-state index contributed by atoms with van der Waals surface area (Å²) < 4.78 is 27.8. The number of halogens is 1. The van der Waals surface area contributed by atoms with Gasteiger partial charge in [-0.1, -0.05) is 25.5 Å². The van der Waals surface area contributed by atoms with E-state index in [0.717, 1.165) is 12.8 Å². The number of imidazole rings is 1. The Morgan fingerprint density at radius 1 is 1.15 bits per heavy atom. The van der Waals surface area contributed by atoms with Crippen molar-refractivity contribution in [1.29, 1.82) is 0 Å². The molecule has 0 radical (unpaired) electrons. The Hall–Kier alpha value is -3.95. The molecule has 0 aliphatic carbocycles. The van der Waals surface area contributed by atoms with Gasteiger partial charge in [-0.15, -0.1) is 0 Å². The predicted octanol–water partition coefficient (Wildman–Crippen LogP) is 3.46. The highest BCUT2D eigenvalue weighted by molar-refractivity contribution is 5.87. The molecule has 33 heavy (non-hydrogen) atoms. The summed E-state index contributed by atoms with van der Waals surface area (Å²) in [7, 11) is 0. The SMILES string of the molecule is CCCCn1c(=O)[nH]c(=O)c2c1nc(COC(=O)c1ccc(-c3ccccc3F)o1)n2CC. The van der Waals surface area contributed by atoms with Gasteiger partial charge in [-0.2, -0.15) is 0 Å². The van der Waals surface area contributed by atoms with Crippen molar-refractivity contribution in [3.05, 3.63) is 74.6 Å². The van der Waals surface area contributed by atoms with Gasteiger partial charge < -0.3 is 13.7 Å². The molecule has 0 amide bonds. The molecule has 0 saturated heterocycles. The van der Waals surface area contributed by atoms with Gasteiger partial charge in [0.15, 0.2) is 11.2 Å². The average molecular weight is 454 g/mol. The number of nitrogens with one attached hydrogen (secondary N) is 1. The molecule has 3 aromatic heterocycles. The first-order valence-corrected chi connectivity index (χ1v) is 10.7. The van der Waals surface area contributed by atoms with Crippen LogP contribution in [0.2, 0.25) is 0 Å². The van der Waals surface area contributed by atoms with E-state index in [2.05, 4.69) is 9.97 Å². The minimum atomic E-state index is -0.760. The van der Waals surface area contributed by atoms with E-state index in [1.165, 1.54) is 22.8 Å². The van der Waals surface area contributed by atoms with Crippen molar-refractivity contribution in [1.82, 2.24) is 19.1 Å². The van der Waals surface area contributed by atoms with Crippen LogP contribution in [0, 0.1) is 5.82 Å². The largest absolute Gasteiger partial charge is 0.452 e. The Labute approximate surface area is 187 Å². The Morgan fingerprint density at radius 2 is 1.94 bits per heavy atom. The summed E-state index contributed by atoms with van der Waals surface area (Å²) in [6.45, 7) is 4.37. The molecule has 1 aromatic carbocycles. The first-order chi connectivity index (χ1) is 15.9. The van der Waals surface area contributed by atoms with Crippen LogP contribution in [0.5, 0.6) is 0 Å². The minimum Gasteiger partial charge on any atom is -0.452 e. The number of ether oxygens (including phenoxy) is 1. The van der Waals surface area contributed by atoms with E-state index in [0.29, 0.717) is 18.9 Å². The molecule has 172 valence electrons. The van der Waals surface area contributed by atoms with Gasteiger partial charge in [-0.25, -0.2) is 19.0 Å². The Morgan fingerprint density at radius 3 is 2.67 bits per heavy atom. The van der Waals surface area contributed by atoms with E-state index in [4.69, 9.17) is 9.15 Å². The fraction of sp³-hybridized carbons (Fsp3) is 0.304. The van der Waals surface area contributed by atoms with Crippen molar-refractivity contribution >= 4 is 17.1 Å². The number of furan rings is 1. The monoisotopic (exact) mass is 454 g/mol. The highest BCUT2D eigenvalue weighted by Crippen LogP contribution is 2.25. The molecule has 10 heteroatoms. The fourth-order valence-electron chi connectivity index (χ4n) is 3.65. The van der Waals surface area contributed by atoms with Crippen molar-refractivity contribution in [3.63, 3.8) is 0 Å². The lowest BCUT2D eigenvalue weighted by Gasteiger charge is -2.06. The molecule has 3 heterocycles. The number of fused-ring (bicyclic) bond motifs is 1. The van der Waals surface area contributed by atoms with E-state index in [1.807, 2.05) is 13.8 Å². The van der Waals surface area contributed by atoms with Crippen molar-refractivity contribution in [3.8, 4) is 11.3 Å². The lowest BCUT2D eigenvalue weighted by molar-refractivity contribution is 0.0423. The van der Waals surface area contributed by atoms with Gasteiger partial charge in [0.1, 0.15) is 24.0 Å². The molecule has 0 fully saturated rings. The normalized spacial score (nSPS) is 11.2. The summed E-state index contributed by atoms with van der Waals surface area (Å²) in [5, 5.41) is 0. The molecule has 4 rings (SSSR count). The van der Waals surface area contributed by atoms with Crippen LogP contribution in [0.15, 0.2) is 50.4 Å². The summed E-state index contributed by atoms with van der Waals surface area (Å²) >= 11 is 0. The number of benzene rings is 1. The molecular weight excluding hydrogens is 431 g/mol. The molecule has 0 aliphatic heterocycles. The van der Waals surface area contributed by atoms with Gasteiger partial charge in [0.2, 0.25) is 5.76 Å². The topological polar surface area (TPSA) is 112 Å². The number of hydrogen-bond donors (Lipinski definition) is 1. The van der Waals surface area contributed by atoms with Crippen LogP contribution in [0.25, 0.3) is 22.5 Å². The molecule has 0 atom stereocenters. The number of nitrogens with zero attached hydrogens (tertiary/aromatic N) is 3. The van der Waals surface area contributed by atoms with Gasteiger partial charge in [-0.05, 0) is 37.6 Å². The second kappa shape index (κ2) is 9.27. The molecule has 4 aromatic rings. The summed E-state index contributed by atoms with van der Waals surface area (Å²) in [5.74, 6) is -0.798. The average Bonchev–Trinajstić information content (AvgIpc) is 3.43. The number of carbonyl (C=O) groups is 1. The van der Waals surface area contributed by atoms with Crippen molar-refractivity contribution in [2.45, 2.75) is 46.4 Å². The maximum atomic E-state index is 14.0. The zero-order valence-electron chi connectivity index (χ0n) is 18.3. The maximum Gasteiger partial charge on any atom is 0.374 e. The Balaban J connectivity index is 1.60. The third-order valence-electron chi connectivity index (χ3n) is 5.29. The summed E-state index contributed by atoms with van der Waals surface area (Å²) in [4.78, 5) is 44.0. The van der Waals surface area contributed by atoms with E-state index >= 15 is 0 Å². The quantitative estimate of drug-likeness (QED) is 0.408. The van der Waals surface area contributed by atoms with Crippen LogP contribution in [0.4, 0.5) is 4.39 Å². The second-order valence-corrected chi connectivity index (χ2v) is 7.43. The number of esters is 1. The summed E-state index contributed by atoms with van der Waals surface area (Å²) in [6, 6.07) is 8.96. The van der Waals surface area contributed by atoms with Gasteiger partial charge in [0, 0.05) is 13.1 Å². The Bertz CT molecular complexity index is 1430. The van der Waals surface area contributed by atoms with Crippen LogP contribution in [0.3, 0.4) is 0 Å². The molecular formula is C23H23FN4O5. The van der Waals surface area contributed by atoms with E-state index in [-0.39, 0.29) is 34.9 Å². The first-order valence-electron chi connectivity index (χ1n) is 10.7. The third kappa shape index (κ3) is 4.23. The minimum absolute atomic E-state index is 0.0925. The van der Waals surface area contributed by atoms with Crippen LogP contribution in [-0.4, -0.2) is 25.1 Å². The third-order valence-corrected chi connectivity index (χ3v) is 5.29. The van der Waals surface area contributed by atoms with E-state index in [9.17, 15) is 18.8 Å². The van der Waals surface area contributed by atoms with Crippen molar-refractivity contribution < 1.29 is 18.3 Å². The van der Waals surface area contributed by atoms with Gasteiger partial charge >= 0.3 is 11.7 Å².